The molecule has 168 valence electrons. The van der Waals surface area contributed by atoms with Gasteiger partial charge in [0.05, 0.1) is 0 Å². The summed E-state index contributed by atoms with van der Waals surface area (Å²) in [6.45, 7) is -6.68. The highest BCUT2D eigenvalue weighted by molar-refractivity contribution is 6.67. The summed E-state index contributed by atoms with van der Waals surface area (Å²) in [7, 11) is 0. The Labute approximate surface area is 141 Å². The summed E-state index contributed by atoms with van der Waals surface area (Å²) in [5.41, 5.74) is 0. The number of alkyl halides is 18. The van der Waals surface area contributed by atoms with Crippen molar-refractivity contribution in [3.8, 4) is 0 Å². The van der Waals surface area contributed by atoms with Gasteiger partial charge in [0.25, 0.3) is 17.5 Å². The molecule has 0 aromatic carbocycles. The van der Waals surface area contributed by atoms with E-state index in [0.717, 1.165) is 0 Å². The van der Waals surface area contributed by atoms with Gasteiger partial charge in [-0.25, -0.2) is 39.5 Å². The molecule has 0 saturated carbocycles. The molecule has 0 nitrogen and oxygen atoms in total. The second-order valence-electron chi connectivity index (χ2n) is 5.17. The van der Waals surface area contributed by atoms with E-state index >= 15 is 0 Å². The quantitative estimate of drug-likeness (QED) is 0.350. The molecule has 0 amide bonds. The Morgan fingerprint density at radius 2 is 0.500 bits per heavy atom. The topological polar surface area (TPSA) is 0 Å². The molecule has 0 fully saturated rings. The predicted molar refractivity (Wildman–Crippen MR) is 53.4 cm³/mol. The molecule has 0 aliphatic heterocycles. The Morgan fingerprint density at radius 1 is 0.357 bits per heavy atom. The molecule has 0 aromatic heterocycles. The van der Waals surface area contributed by atoms with Crippen molar-refractivity contribution in [2.75, 3.05) is 0 Å². The number of rotatable bonds is 6. The summed E-state index contributed by atoms with van der Waals surface area (Å²) in [6, 6.07) is 0. The van der Waals surface area contributed by atoms with E-state index in [-0.39, 0.29) is 0 Å². The lowest BCUT2D eigenvalue weighted by Gasteiger charge is -2.39. The van der Waals surface area contributed by atoms with Crippen molar-refractivity contribution in [1.29, 1.82) is 0 Å². The van der Waals surface area contributed by atoms with Gasteiger partial charge in [-0.3, -0.25) is 0 Å². The molecular weight excluding hydrogens is 461 g/mol. The van der Waals surface area contributed by atoms with E-state index in [1.807, 2.05) is 0 Å². The van der Waals surface area contributed by atoms with Crippen molar-refractivity contribution >= 4 is 6.71 Å². The molecule has 0 saturated heterocycles. The summed E-state index contributed by atoms with van der Waals surface area (Å²) in [5.74, 6) is -22.6. The minimum absolute atomic E-state index is 6.23. The van der Waals surface area contributed by atoms with Gasteiger partial charge in [0.1, 0.15) is 0 Å². The van der Waals surface area contributed by atoms with Crippen LogP contribution in [0.5, 0.6) is 0 Å². The molecule has 19 heteroatoms. The fraction of sp³-hybridized carbons (Fsp3) is 1.00. The Kier molecular flexibility index (Phi) is 6.94. The van der Waals surface area contributed by atoms with Crippen molar-refractivity contribution in [3.05, 3.63) is 0 Å². The van der Waals surface area contributed by atoms with Crippen LogP contribution >= 0.6 is 0 Å². The second-order valence-corrected chi connectivity index (χ2v) is 5.17. The first-order valence-corrected chi connectivity index (χ1v) is 6.09. The van der Waals surface area contributed by atoms with Crippen LogP contribution in [0.4, 0.5) is 79.0 Å². The van der Waals surface area contributed by atoms with Gasteiger partial charge in [-0.15, -0.1) is 0 Å². The van der Waals surface area contributed by atoms with E-state index in [1.54, 1.807) is 0 Å². The van der Waals surface area contributed by atoms with Gasteiger partial charge in [-0.05, 0) is 0 Å². The summed E-state index contributed by atoms with van der Waals surface area (Å²) < 4.78 is 226. The molecule has 0 bridgehead atoms. The van der Waals surface area contributed by atoms with Gasteiger partial charge < -0.3 is 0 Å². The first kappa shape index (κ1) is 26.8. The van der Waals surface area contributed by atoms with Gasteiger partial charge in [-0.1, -0.05) is 0 Å². The molecule has 0 aliphatic rings. The Morgan fingerprint density at radius 3 is 0.607 bits per heavy atom. The average molecular weight is 464 g/mol. The lowest BCUT2D eigenvalue weighted by atomic mass is 9.33. The van der Waals surface area contributed by atoms with Crippen molar-refractivity contribution in [3.63, 3.8) is 0 Å². The van der Waals surface area contributed by atoms with Crippen LogP contribution in [0.3, 0.4) is 0 Å². The van der Waals surface area contributed by atoms with E-state index in [4.69, 9.17) is 0 Å². The highest BCUT2D eigenvalue weighted by Crippen LogP contribution is 2.52. The van der Waals surface area contributed by atoms with Crippen molar-refractivity contribution in [2.24, 2.45) is 0 Å². The predicted octanol–water partition coefficient (Wildman–Crippen LogP) is 5.71. The van der Waals surface area contributed by atoms with Crippen LogP contribution < -0.4 is 0 Å². The highest BCUT2D eigenvalue weighted by atomic mass is 19.4. The monoisotopic (exact) mass is 464 g/mol. The fourth-order valence-corrected chi connectivity index (χ4v) is 1.86. The molecule has 0 radical (unpaired) electrons. The summed E-state index contributed by atoms with van der Waals surface area (Å²) >= 11 is 0. The Hall–Kier alpha value is -1.20. The smallest absolute Gasteiger partial charge is 0.232 e. The van der Waals surface area contributed by atoms with Gasteiger partial charge in [0.15, 0.2) is 0 Å². The number of hydrogen-bond donors (Lipinski definition) is 0. The zero-order valence-electron chi connectivity index (χ0n) is 12.1. The largest absolute Gasteiger partial charge is 0.424 e. The summed E-state index contributed by atoms with van der Waals surface area (Å²) in [4.78, 5) is 0. The lowest BCUT2D eigenvalue weighted by molar-refractivity contribution is -0.252. The van der Waals surface area contributed by atoms with Gasteiger partial charge >= 0.3 is 25.2 Å². The SMILES string of the molecule is FC(C(F)(F)F)C(F)(F)B(C(F)(F)C(F)C(F)(F)F)C(F)(F)C(F)C(F)(F)F. The van der Waals surface area contributed by atoms with E-state index in [9.17, 15) is 79.0 Å². The maximum atomic E-state index is 13.3. The third-order valence-corrected chi connectivity index (χ3v) is 3.03. The van der Waals surface area contributed by atoms with Crippen LogP contribution in [-0.4, -0.2) is 61.2 Å². The molecule has 0 aromatic rings. The molecule has 0 N–H and O–H groups in total. The molecule has 3 atom stereocenters. The maximum absolute atomic E-state index is 13.3. The lowest BCUT2D eigenvalue weighted by Crippen LogP contribution is -2.74. The van der Waals surface area contributed by atoms with Crippen LogP contribution in [0.25, 0.3) is 0 Å². The molecule has 0 rings (SSSR count). The Bertz CT molecular complexity index is 451. The zero-order valence-corrected chi connectivity index (χ0v) is 12.1. The second kappa shape index (κ2) is 7.25. The first-order chi connectivity index (χ1) is 11.8. The van der Waals surface area contributed by atoms with E-state index in [0.29, 0.717) is 0 Å². The summed E-state index contributed by atoms with van der Waals surface area (Å²) in [5, 5.41) is 0. The third kappa shape index (κ3) is 5.04. The molecule has 28 heavy (non-hydrogen) atoms. The van der Waals surface area contributed by atoms with Gasteiger partial charge in [0.2, 0.25) is 18.5 Å². The van der Waals surface area contributed by atoms with Crippen molar-refractivity contribution in [2.45, 2.75) is 54.5 Å². The molecule has 0 spiro atoms. The molecule has 3 unspecified atom stereocenters. The van der Waals surface area contributed by atoms with Crippen molar-refractivity contribution < 1.29 is 79.0 Å². The zero-order chi connectivity index (χ0) is 23.3. The van der Waals surface area contributed by atoms with E-state index in [2.05, 4.69) is 0 Å². The standard InChI is InChI=1S/C9H3BF18/c11-1(7(20,21)22)4(14,15)10(5(16,17)2(12)8(23,24)25)6(18,19)3(13)9(26,27)28/h1-3H. The molecular formula is C9H3BF18. The minimum Gasteiger partial charge on any atom is -0.232 e. The molecule has 0 aliphatic carbocycles. The maximum Gasteiger partial charge on any atom is 0.424 e. The Balaban J connectivity index is 6.83. The first-order valence-electron chi connectivity index (χ1n) is 6.09. The number of hydrogen-bond acceptors (Lipinski definition) is 0. The average Bonchev–Trinajstić information content (AvgIpc) is 2.40. The van der Waals surface area contributed by atoms with Crippen molar-refractivity contribution in [1.82, 2.24) is 0 Å². The number of halogens is 18. The minimum atomic E-state index is -7.55. The van der Waals surface area contributed by atoms with Crippen LogP contribution in [0, 0.1) is 0 Å². The fourth-order valence-electron chi connectivity index (χ4n) is 1.86. The van der Waals surface area contributed by atoms with E-state index in [1.165, 1.54) is 0 Å². The normalized spacial score (nSPS) is 18.6. The summed E-state index contributed by atoms with van der Waals surface area (Å²) in [6.07, 6.45) is -40.0. The van der Waals surface area contributed by atoms with E-state index < -0.39 is 61.2 Å². The van der Waals surface area contributed by atoms with Crippen LogP contribution in [0.15, 0.2) is 0 Å². The van der Waals surface area contributed by atoms with Crippen LogP contribution in [0.2, 0.25) is 0 Å². The van der Waals surface area contributed by atoms with Gasteiger partial charge in [0, 0.05) is 0 Å². The third-order valence-electron chi connectivity index (χ3n) is 3.03. The highest BCUT2D eigenvalue weighted by Gasteiger charge is 2.84. The van der Waals surface area contributed by atoms with Crippen LogP contribution in [-0.2, 0) is 0 Å². The molecule has 0 heterocycles. The van der Waals surface area contributed by atoms with Gasteiger partial charge in [-0.2, -0.15) is 39.5 Å². The van der Waals surface area contributed by atoms with Crippen LogP contribution in [0.1, 0.15) is 0 Å².